The molecule has 1 fully saturated rings. The first kappa shape index (κ1) is 12.6. The van der Waals surface area contributed by atoms with Gasteiger partial charge in [0.1, 0.15) is 4.90 Å². The monoisotopic (exact) mass is 257 g/mol. The first-order chi connectivity index (χ1) is 7.94. The van der Waals surface area contributed by atoms with Crippen LogP contribution in [0.2, 0.25) is 0 Å². The van der Waals surface area contributed by atoms with Crippen LogP contribution in [0.4, 0.5) is 0 Å². The number of sulfonamides is 1. The molecule has 1 atom stereocenters. The summed E-state index contributed by atoms with van der Waals surface area (Å²) in [5.74, 6) is 0. The highest BCUT2D eigenvalue weighted by Gasteiger charge is 2.34. The Morgan fingerprint density at radius 2 is 2.06 bits per heavy atom. The van der Waals surface area contributed by atoms with E-state index in [2.05, 4.69) is 10.2 Å². The van der Waals surface area contributed by atoms with Gasteiger partial charge in [0.15, 0.2) is 0 Å². The average molecular weight is 257 g/mol. The molecule has 0 amide bonds. The van der Waals surface area contributed by atoms with E-state index in [1.165, 1.54) is 0 Å². The van der Waals surface area contributed by atoms with E-state index in [1.54, 1.807) is 18.2 Å². The Labute approximate surface area is 102 Å². The SMILES string of the molecule is Cc1n[nH]c(C)c1S(=O)(=O)N1CCCCC1C. The van der Waals surface area contributed by atoms with Crippen molar-refractivity contribution in [3.8, 4) is 0 Å². The zero-order valence-electron chi connectivity index (χ0n) is 10.5. The van der Waals surface area contributed by atoms with E-state index < -0.39 is 10.0 Å². The summed E-state index contributed by atoms with van der Waals surface area (Å²) < 4.78 is 26.7. The van der Waals surface area contributed by atoms with Crippen LogP contribution >= 0.6 is 0 Å². The first-order valence-corrected chi connectivity index (χ1v) is 7.42. The molecule has 0 bridgehead atoms. The lowest BCUT2D eigenvalue weighted by Crippen LogP contribution is -2.42. The number of H-pyrrole nitrogens is 1. The van der Waals surface area contributed by atoms with Gasteiger partial charge >= 0.3 is 0 Å². The van der Waals surface area contributed by atoms with Crippen molar-refractivity contribution < 1.29 is 8.42 Å². The molecule has 0 saturated carbocycles. The molecular weight excluding hydrogens is 238 g/mol. The highest BCUT2D eigenvalue weighted by molar-refractivity contribution is 7.89. The van der Waals surface area contributed by atoms with E-state index in [9.17, 15) is 8.42 Å². The second-order valence-corrected chi connectivity index (χ2v) is 6.55. The molecular formula is C11H19N3O2S. The van der Waals surface area contributed by atoms with Crippen molar-refractivity contribution in [2.75, 3.05) is 6.54 Å². The molecule has 96 valence electrons. The molecule has 17 heavy (non-hydrogen) atoms. The third-order valence-corrected chi connectivity index (χ3v) is 5.65. The molecule has 0 spiro atoms. The Bertz CT molecular complexity index is 487. The van der Waals surface area contributed by atoms with Gasteiger partial charge in [0.05, 0.1) is 11.4 Å². The molecule has 5 nitrogen and oxygen atoms in total. The highest BCUT2D eigenvalue weighted by Crippen LogP contribution is 2.27. The van der Waals surface area contributed by atoms with Gasteiger partial charge in [-0.3, -0.25) is 5.10 Å². The maximum Gasteiger partial charge on any atom is 0.246 e. The number of nitrogens with one attached hydrogen (secondary N) is 1. The Kier molecular flexibility index (Phi) is 3.27. The summed E-state index contributed by atoms with van der Waals surface area (Å²) in [4.78, 5) is 0.353. The first-order valence-electron chi connectivity index (χ1n) is 5.98. The Morgan fingerprint density at radius 3 is 2.59 bits per heavy atom. The summed E-state index contributed by atoms with van der Waals surface area (Å²) in [6.07, 6.45) is 2.99. The molecule has 1 aromatic heterocycles. The van der Waals surface area contributed by atoms with Gasteiger partial charge in [0.25, 0.3) is 0 Å². The van der Waals surface area contributed by atoms with E-state index in [1.807, 2.05) is 6.92 Å². The lowest BCUT2D eigenvalue weighted by atomic mass is 10.1. The van der Waals surface area contributed by atoms with Crippen LogP contribution in [0, 0.1) is 13.8 Å². The van der Waals surface area contributed by atoms with Crippen molar-refractivity contribution in [1.82, 2.24) is 14.5 Å². The van der Waals surface area contributed by atoms with Crippen LogP contribution < -0.4 is 0 Å². The van der Waals surface area contributed by atoms with Crippen LogP contribution in [-0.2, 0) is 10.0 Å². The Hall–Kier alpha value is -0.880. The average Bonchev–Trinajstić information content (AvgIpc) is 2.59. The van der Waals surface area contributed by atoms with Crippen LogP contribution in [-0.4, -0.2) is 35.5 Å². The molecule has 6 heteroatoms. The van der Waals surface area contributed by atoms with Crippen LogP contribution in [0.1, 0.15) is 37.6 Å². The van der Waals surface area contributed by atoms with Gasteiger partial charge in [-0.15, -0.1) is 0 Å². The zero-order chi connectivity index (χ0) is 12.6. The van der Waals surface area contributed by atoms with E-state index in [4.69, 9.17) is 0 Å². The molecule has 0 aliphatic carbocycles. The number of aryl methyl sites for hydroxylation is 2. The summed E-state index contributed by atoms with van der Waals surface area (Å²) in [5, 5.41) is 6.71. The number of rotatable bonds is 2. The second-order valence-electron chi connectivity index (χ2n) is 4.72. The van der Waals surface area contributed by atoms with Crippen molar-refractivity contribution in [3.05, 3.63) is 11.4 Å². The number of hydrogen-bond acceptors (Lipinski definition) is 3. The van der Waals surface area contributed by atoms with Crippen molar-refractivity contribution in [2.24, 2.45) is 0 Å². The van der Waals surface area contributed by atoms with Crippen molar-refractivity contribution in [2.45, 2.75) is 51.0 Å². The zero-order valence-corrected chi connectivity index (χ0v) is 11.3. The normalized spacial score (nSPS) is 22.9. The van der Waals surface area contributed by atoms with Crippen molar-refractivity contribution >= 4 is 10.0 Å². The van der Waals surface area contributed by atoms with Gasteiger partial charge < -0.3 is 0 Å². The quantitative estimate of drug-likeness (QED) is 0.875. The summed E-state index contributed by atoms with van der Waals surface area (Å²) in [5.41, 5.74) is 1.18. The van der Waals surface area contributed by atoms with Gasteiger partial charge in [0, 0.05) is 12.6 Å². The molecule has 1 aliphatic rings. The summed E-state index contributed by atoms with van der Waals surface area (Å²) in [6, 6.07) is 0.0856. The van der Waals surface area contributed by atoms with Crippen molar-refractivity contribution in [1.29, 1.82) is 0 Å². The van der Waals surface area contributed by atoms with Crippen LogP contribution in [0.5, 0.6) is 0 Å². The minimum atomic E-state index is -3.39. The molecule has 2 heterocycles. The highest BCUT2D eigenvalue weighted by atomic mass is 32.2. The van der Waals surface area contributed by atoms with Gasteiger partial charge in [-0.05, 0) is 33.6 Å². The van der Waals surface area contributed by atoms with Crippen molar-refractivity contribution in [3.63, 3.8) is 0 Å². The maximum absolute atomic E-state index is 12.6. The number of aromatic amines is 1. The Morgan fingerprint density at radius 1 is 1.35 bits per heavy atom. The summed E-state index contributed by atoms with van der Waals surface area (Å²) in [6.45, 7) is 6.07. The molecule has 2 rings (SSSR count). The molecule has 1 aromatic rings. The van der Waals surface area contributed by atoms with E-state index in [-0.39, 0.29) is 6.04 Å². The van der Waals surface area contributed by atoms with E-state index >= 15 is 0 Å². The van der Waals surface area contributed by atoms with Gasteiger partial charge in [-0.25, -0.2) is 8.42 Å². The Balaban J connectivity index is 2.42. The third-order valence-electron chi connectivity index (χ3n) is 3.37. The van der Waals surface area contributed by atoms with Gasteiger partial charge in [-0.1, -0.05) is 6.42 Å². The number of aromatic nitrogens is 2. The maximum atomic E-state index is 12.6. The molecule has 1 saturated heterocycles. The smallest absolute Gasteiger partial charge is 0.246 e. The summed E-state index contributed by atoms with van der Waals surface area (Å²) >= 11 is 0. The third kappa shape index (κ3) is 2.11. The van der Waals surface area contributed by atoms with Gasteiger partial charge in [-0.2, -0.15) is 9.40 Å². The van der Waals surface area contributed by atoms with Gasteiger partial charge in [0.2, 0.25) is 10.0 Å². The largest absolute Gasteiger partial charge is 0.281 e. The molecule has 1 aliphatic heterocycles. The fourth-order valence-corrected chi connectivity index (χ4v) is 4.50. The lowest BCUT2D eigenvalue weighted by Gasteiger charge is -2.32. The minimum Gasteiger partial charge on any atom is -0.281 e. The minimum absolute atomic E-state index is 0.0856. The lowest BCUT2D eigenvalue weighted by molar-refractivity contribution is 0.268. The molecule has 1 unspecified atom stereocenters. The van der Waals surface area contributed by atoms with E-state index in [0.717, 1.165) is 19.3 Å². The fourth-order valence-electron chi connectivity index (χ4n) is 2.47. The molecule has 1 N–H and O–H groups in total. The number of piperidine rings is 1. The van der Waals surface area contributed by atoms with Crippen LogP contribution in [0.25, 0.3) is 0 Å². The topological polar surface area (TPSA) is 66.1 Å². The van der Waals surface area contributed by atoms with Crippen LogP contribution in [0.15, 0.2) is 4.90 Å². The molecule has 0 aromatic carbocycles. The number of nitrogens with zero attached hydrogens (tertiary/aromatic N) is 2. The second kappa shape index (κ2) is 4.42. The molecule has 0 radical (unpaired) electrons. The number of hydrogen-bond donors (Lipinski definition) is 1. The standard InChI is InChI=1S/C11H19N3O2S/c1-8-6-4-5-7-14(8)17(15,16)11-9(2)12-13-10(11)3/h8H,4-7H2,1-3H3,(H,12,13). The predicted octanol–water partition coefficient (Wildman–Crippen LogP) is 1.59. The van der Waals surface area contributed by atoms with Crippen LogP contribution in [0.3, 0.4) is 0 Å². The summed E-state index contributed by atoms with van der Waals surface area (Å²) in [7, 11) is -3.39. The fraction of sp³-hybridized carbons (Fsp3) is 0.727. The van der Waals surface area contributed by atoms with E-state index in [0.29, 0.717) is 22.8 Å². The predicted molar refractivity (Wildman–Crippen MR) is 65.3 cm³/mol.